The second kappa shape index (κ2) is 5.32. The Morgan fingerprint density at radius 1 is 1.29 bits per heavy atom. The van der Waals surface area contributed by atoms with Crippen LogP contribution in [0.25, 0.3) is 0 Å². The van der Waals surface area contributed by atoms with Crippen LogP contribution in [0.15, 0.2) is 0 Å². The Labute approximate surface area is 85.8 Å². The zero-order chi connectivity index (χ0) is 10.6. The summed E-state index contributed by atoms with van der Waals surface area (Å²) in [6, 6.07) is 0. The van der Waals surface area contributed by atoms with Crippen molar-refractivity contribution in [3.63, 3.8) is 0 Å². The monoisotopic (exact) mass is 200 g/mol. The molecule has 0 aromatic rings. The molecule has 0 atom stereocenters. The highest BCUT2D eigenvalue weighted by molar-refractivity contribution is 5.77. The molecule has 1 aliphatic rings. The number of carbonyl (C=O) groups excluding carboxylic acids is 1. The first-order valence-electron chi connectivity index (χ1n) is 5.17. The minimum atomic E-state index is 0.117. The summed E-state index contributed by atoms with van der Waals surface area (Å²) in [4.78, 5) is 15.7. The molecule has 0 aliphatic carbocycles. The lowest BCUT2D eigenvalue weighted by Crippen LogP contribution is -2.48. The van der Waals surface area contributed by atoms with E-state index in [2.05, 4.69) is 11.9 Å². The minimum absolute atomic E-state index is 0.117. The largest absolute Gasteiger partial charge is 0.369 e. The van der Waals surface area contributed by atoms with E-state index in [4.69, 9.17) is 4.74 Å². The van der Waals surface area contributed by atoms with Crippen molar-refractivity contribution in [3.05, 3.63) is 0 Å². The van der Waals surface area contributed by atoms with Gasteiger partial charge in [0, 0.05) is 26.2 Å². The highest BCUT2D eigenvalue weighted by Crippen LogP contribution is 2.00. The third kappa shape index (κ3) is 3.64. The molecule has 4 nitrogen and oxygen atoms in total. The van der Waals surface area contributed by atoms with Gasteiger partial charge in [0.05, 0.1) is 6.10 Å². The van der Waals surface area contributed by atoms with Gasteiger partial charge in [-0.2, -0.15) is 0 Å². The van der Waals surface area contributed by atoms with Crippen LogP contribution in [0, 0.1) is 0 Å². The van der Waals surface area contributed by atoms with Gasteiger partial charge in [0.2, 0.25) is 5.91 Å². The van der Waals surface area contributed by atoms with E-state index in [-0.39, 0.29) is 18.6 Å². The lowest BCUT2D eigenvalue weighted by atomic mass is 10.3. The Kier molecular flexibility index (Phi) is 4.35. The summed E-state index contributed by atoms with van der Waals surface area (Å²) in [5, 5.41) is 0. The predicted octanol–water partition coefficient (Wildman–Crippen LogP) is 0.185. The van der Waals surface area contributed by atoms with Crippen LogP contribution >= 0.6 is 0 Å². The van der Waals surface area contributed by atoms with Gasteiger partial charge in [-0.15, -0.1) is 0 Å². The summed E-state index contributed by atoms with van der Waals surface area (Å²) < 4.78 is 5.28. The first-order valence-corrected chi connectivity index (χ1v) is 5.17. The molecule has 0 N–H and O–H groups in total. The number of carbonyl (C=O) groups is 1. The van der Waals surface area contributed by atoms with Gasteiger partial charge >= 0.3 is 0 Å². The Morgan fingerprint density at radius 3 is 2.36 bits per heavy atom. The zero-order valence-electron chi connectivity index (χ0n) is 9.32. The summed E-state index contributed by atoms with van der Waals surface area (Å²) in [6.45, 7) is 7.70. The number of hydrogen-bond donors (Lipinski definition) is 0. The average Bonchev–Trinajstić information content (AvgIpc) is 2.15. The van der Waals surface area contributed by atoms with E-state index in [1.807, 2.05) is 18.7 Å². The van der Waals surface area contributed by atoms with Gasteiger partial charge in [0.1, 0.15) is 6.61 Å². The summed E-state index contributed by atoms with van der Waals surface area (Å²) in [5.41, 5.74) is 0. The predicted molar refractivity (Wildman–Crippen MR) is 55.2 cm³/mol. The van der Waals surface area contributed by atoms with Crippen LogP contribution in [0.5, 0.6) is 0 Å². The fourth-order valence-electron chi connectivity index (χ4n) is 1.39. The maximum atomic E-state index is 11.6. The van der Waals surface area contributed by atoms with Crippen molar-refractivity contribution in [3.8, 4) is 0 Å². The molecular weight excluding hydrogens is 180 g/mol. The first kappa shape index (κ1) is 11.5. The molecule has 0 spiro atoms. The number of amides is 1. The second-order valence-electron chi connectivity index (χ2n) is 4.04. The molecule has 1 rings (SSSR count). The molecule has 1 heterocycles. The summed E-state index contributed by atoms with van der Waals surface area (Å²) in [7, 11) is 2.08. The van der Waals surface area contributed by atoms with E-state index in [0.717, 1.165) is 26.2 Å². The normalized spacial score (nSPS) is 19.0. The van der Waals surface area contributed by atoms with Crippen molar-refractivity contribution >= 4 is 5.91 Å². The Hall–Kier alpha value is -0.610. The van der Waals surface area contributed by atoms with Crippen LogP contribution in [-0.2, 0) is 9.53 Å². The molecule has 0 bridgehead atoms. The Balaban J connectivity index is 2.24. The van der Waals surface area contributed by atoms with Crippen LogP contribution in [0.3, 0.4) is 0 Å². The number of nitrogens with zero attached hydrogens (tertiary/aromatic N) is 2. The van der Waals surface area contributed by atoms with E-state index >= 15 is 0 Å². The molecule has 0 radical (unpaired) electrons. The SMILES string of the molecule is CC(C)OCC(=O)N1CCN(C)CC1. The van der Waals surface area contributed by atoms with Gasteiger partial charge in [0.25, 0.3) is 0 Å². The molecule has 0 unspecified atom stereocenters. The molecule has 4 heteroatoms. The molecule has 14 heavy (non-hydrogen) atoms. The lowest BCUT2D eigenvalue weighted by Gasteiger charge is -2.32. The first-order chi connectivity index (χ1) is 6.59. The molecule has 82 valence electrons. The summed E-state index contributed by atoms with van der Waals surface area (Å²) >= 11 is 0. The van der Waals surface area contributed by atoms with Crippen molar-refractivity contribution in [1.29, 1.82) is 0 Å². The van der Waals surface area contributed by atoms with Gasteiger partial charge in [-0.25, -0.2) is 0 Å². The third-order valence-electron chi connectivity index (χ3n) is 2.40. The van der Waals surface area contributed by atoms with Crippen LogP contribution in [0.2, 0.25) is 0 Å². The van der Waals surface area contributed by atoms with Crippen LogP contribution in [0.1, 0.15) is 13.8 Å². The zero-order valence-corrected chi connectivity index (χ0v) is 9.32. The number of hydrogen-bond acceptors (Lipinski definition) is 3. The van der Waals surface area contributed by atoms with Gasteiger partial charge in [-0.05, 0) is 20.9 Å². The second-order valence-corrected chi connectivity index (χ2v) is 4.04. The summed E-state index contributed by atoms with van der Waals surface area (Å²) in [6.07, 6.45) is 0.131. The molecular formula is C10H20N2O2. The fourth-order valence-corrected chi connectivity index (χ4v) is 1.39. The number of ether oxygens (including phenoxy) is 1. The van der Waals surface area contributed by atoms with Crippen molar-refractivity contribution in [2.45, 2.75) is 20.0 Å². The Bertz CT molecular complexity index is 187. The quantitative estimate of drug-likeness (QED) is 0.652. The van der Waals surface area contributed by atoms with Gasteiger partial charge in [0.15, 0.2) is 0 Å². The van der Waals surface area contributed by atoms with Crippen molar-refractivity contribution in [2.75, 3.05) is 39.8 Å². The molecule has 1 fully saturated rings. The summed E-state index contributed by atoms with van der Waals surface area (Å²) in [5.74, 6) is 0.117. The minimum Gasteiger partial charge on any atom is -0.369 e. The maximum absolute atomic E-state index is 11.6. The molecule has 1 saturated heterocycles. The van der Waals surface area contributed by atoms with E-state index in [9.17, 15) is 4.79 Å². The highest BCUT2D eigenvalue weighted by atomic mass is 16.5. The van der Waals surface area contributed by atoms with Crippen LogP contribution in [-0.4, -0.2) is 61.6 Å². The Morgan fingerprint density at radius 2 is 1.86 bits per heavy atom. The average molecular weight is 200 g/mol. The van der Waals surface area contributed by atoms with E-state index in [1.165, 1.54) is 0 Å². The standard InChI is InChI=1S/C10H20N2O2/c1-9(2)14-8-10(13)12-6-4-11(3)5-7-12/h9H,4-8H2,1-3H3. The molecule has 0 aromatic carbocycles. The number of piperazine rings is 1. The smallest absolute Gasteiger partial charge is 0.248 e. The molecule has 0 aromatic heterocycles. The van der Waals surface area contributed by atoms with Crippen LogP contribution < -0.4 is 0 Å². The topological polar surface area (TPSA) is 32.8 Å². The van der Waals surface area contributed by atoms with Gasteiger partial charge in [-0.3, -0.25) is 4.79 Å². The van der Waals surface area contributed by atoms with E-state index < -0.39 is 0 Å². The molecule has 0 saturated carbocycles. The van der Waals surface area contributed by atoms with Crippen molar-refractivity contribution in [2.24, 2.45) is 0 Å². The van der Waals surface area contributed by atoms with Crippen molar-refractivity contribution in [1.82, 2.24) is 9.80 Å². The van der Waals surface area contributed by atoms with Gasteiger partial charge < -0.3 is 14.5 Å². The van der Waals surface area contributed by atoms with Crippen LogP contribution in [0.4, 0.5) is 0 Å². The highest BCUT2D eigenvalue weighted by Gasteiger charge is 2.18. The van der Waals surface area contributed by atoms with E-state index in [0.29, 0.717) is 0 Å². The third-order valence-corrected chi connectivity index (χ3v) is 2.40. The van der Waals surface area contributed by atoms with E-state index in [1.54, 1.807) is 0 Å². The lowest BCUT2D eigenvalue weighted by molar-refractivity contribution is -0.139. The van der Waals surface area contributed by atoms with Crippen molar-refractivity contribution < 1.29 is 9.53 Å². The fraction of sp³-hybridized carbons (Fsp3) is 0.900. The maximum Gasteiger partial charge on any atom is 0.248 e. The number of likely N-dealkylation sites (N-methyl/N-ethyl adjacent to an activating group) is 1. The number of rotatable bonds is 3. The molecule has 1 aliphatic heterocycles. The molecule has 1 amide bonds. The van der Waals surface area contributed by atoms with Gasteiger partial charge in [-0.1, -0.05) is 0 Å².